The van der Waals surface area contributed by atoms with Crippen LogP contribution in [0.5, 0.6) is 0 Å². The summed E-state index contributed by atoms with van der Waals surface area (Å²) in [7, 11) is 1.81. The van der Waals surface area contributed by atoms with Crippen LogP contribution >= 0.6 is 0 Å². The van der Waals surface area contributed by atoms with Gasteiger partial charge in [-0.05, 0) is 19.9 Å². The number of carbonyl (C=O) groups is 1. The largest absolute Gasteiger partial charge is 0.390 e. The van der Waals surface area contributed by atoms with E-state index in [0.717, 1.165) is 25.7 Å². The van der Waals surface area contributed by atoms with Crippen LogP contribution in [-0.4, -0.2) is 31.2 Å². The minimum Gasteiger partial charge on any atom is -0.356 e. The molecule has 0 aromatic heterocycles. The summed E-state index contributed by atoms with van der Waals surface area (Å²) in [6.07, 6.45) is 0.213. The Hall–Kier alpha value is -0.780. The van der Waals surface area contributed by atoms with Gasteiger partial charge in [0.15, 0.2) is 0 Å². The lowest BCUT2D eigenvalue weighted by Gasteiger charge is -2.36. The van der Waals surface area contributed by atoms with Crippen LogP contribution in [-0.2, 0) is 4.79 Å². The molecule has 0 atom stereocenters. The third-order valence-corrected chi connectivity index (χ3v) is 3.57. The van der Waals surface area contributed by atoms with Crippen LogP contribution in [0.3, 0.4) is 0 Å². The molecule has 0 saturated heterocycles. The first-order chi connectivity index (χ1) is 8.37. The van der Waals surface area contributed by atoms with Gasteiger partial charge in [-0.15, -0.1) is 0 Å². The van der Waals surface area contributed by atoms with E-state index in [1.807, 2.05) is 7.05 Å². The molecule has 0 radical (unpaired) electrons. The molecule has 1 rings (SSSR count). The summed E-state index contributed by atoms with van der Waals surface area (Å²) >= 11 is 0. The topological polar surface area (TPSA) is 41.1 Å². The van der Waals surface area contributed by atoms with Crippen LogP contribution in [0.15, 0.2) is 0 Å². The van der Waals surface area contributed by atoms with Gasteiger partial charge in [0.2, 0.25) is 5.91 Å². The average molecular weight is 266 g/mol. The van der Waals surface area contributed by atoms with Gasteiger partial charge in [-0.25, -0.2) is 0 Å². The van der Waals surface area contributed by atoms with Crippen molar-refractivity contribution in [3.8, 4) is 0 Å². The predicted molar refractivity (Wildman–Crippen MR) is 63.2 cm³/mol. The van der Waals surface area contributed by atoms with Crippen LogP contribution in [0.25, 0.3) is 0 Å². The van der Waals surface area contributed by atoms with E-state index in [0.29, 0.717) is 0 Å². The molecule has 2 N–H and O–H groups in total. The van der Waals surface area contributed by atoms with Gasteiger partial charge in [-0.2, -0.15) is 13.2 Å². The third kappa shape index (κ3) is 5.25. The second-order valence-corrected chi connectivity index (χ2v) is 4.98. The van der Waals surface area contributed by atoms with Gasteiger partial charge in [-0.3, -0.25) is 4.79 Å². The van der Waals surface area contributed by atoms with Gasteiger partial charge in [0.1, 0.15) is 0 Å². The number of amides is 1. The molecule has 0 spiro atoms. The molecule has 106 valence electrons. The molecule has 3 nitrogen and oxygen atoms in total. The first-order valence-electron chi connectivity index (χ1n) is 6.39. The number of alkyl halides is 3. The van der Waals surface area contributed by atoms with Crippen LogP contribution in [0, 0.1) is 0 Å². The van der Waals surface area contributed by atoms with E-state index in [-0.39, 0.29) is 24.4 Å². The fourth-order valence-corrected chi connectivity index (χ4v) is 2.46. The zero-order valence-electron chi connectivity index (χ0n) is 10.7. The van der Waals surface area contributed by atoms with Gasteiger partial charge in [-0.1, -0.05) is 19.3 Å². The molecule has 0 aliphatic heterocycles. The normalized spacial score (nSPS) is 19.6. The Bertz CT molecular complexity index is 273. The molecule has 1 saturated carbocycles. The van der Waals surface area contributed by atoms with Gasteiger partial charge < -0.3 is 10.6 Å². The van der Waals surface area contributed by atoms with E-state index in [2.05, 4.69) is 10.6 Å². The zero-order chi connectivity index (χ0) is 13.6. The number of halogens is 3. The zero-order valence-corrected chi connectivity index (χ0v) is 10.7. The van der Waals surface area contributed by atoms with E-state index >= 15 is 0 Å². The number of carbonyl (C=O) groups excluding carboxylic acids is 1. The molecule has 1 amide bonds. The molecular formula is C12H21F3N2O. The minimum absolute atomic E-state index is 0.222. The number of nitrogens with one attached hydrogen (secondary N) is 2. The van der Waals surface area contributed by atoms with Crippen molar-refractivity contribution < 1.29 is 18.0 Å². The fraction of sp³-hybridized carbons (Fsp3) is 0.917. The third-order valence-electron chi connectivity index (χ3n) is 3.57. The Kier molecular flexibility index (Phi) is 5.44. The van der Waals surface area contributed by atoms with Crippen LogP contribution < -0.4 is 10.6 Å². The van der Waals surface area contributed by atoms with Crippen LogP contribution in [0.2, 0.25) is 0 Å². The summed E-state index contributed by atoms with van der Waals surface area (Å²) in [6, 6.07) is 0. The van der Waals surface area contributed by atoms with Gasteiger partial charge in [0, 0.05) is 18.5 Å². The second kappa shape index (κ2) is 6.41. The molecule has 0 heterocycles. The Morgan fingerprint density at radius 1 is 1.22 bits per heavy atom. The molecule has 1 fully saturated rings. The lowest BCUT2D eigenvalue weighted by Crippen LogP contribution is -2.48. The maximum absolute atomic E-state index is 11.9. The molecule has 0 bridgehead atoms. The summed E-state index contributed by atoms with van der Waals surface area (Å²) in [5.41, 5.74) is -0.222. The lowest BCUT2D eigenvalue weighted by molar-refractivity contribution is -0.136. The summed E-state index contributed by atoms with van der Waals surface area (Å²) < 4.78 is 35.8. The highest BCUT2D eigenvalue weighted by Gasteiger charge is 2.33. The molecule has 1 aliphatic rings. The van der Waals surface area contributed by atoms with Crippen LogP contribution in [0.4, 0.5) is 13.2 Å². The van der Waals surface area contributed by atoms with Crippen molar-refractivity contribution in [2.45, 2.75) is 56.7 Å². The molecule has 18 heavy (non-hydrogen) atoms. The highest BCUT2D eigenvalue weighted by atomic mass is 19.4. The van der Waals surface area contributed by atoms with Gasteiger partial charge >= 0.3 is 6.18 Å². The summed E-state index contributed by atoms with van der Waals surface area (Å²) in [5.74, 6) is -0.296. The van der Waals surface area contributed by atoms with Crippen molar-refractivity contribution in [2.24, 2.45) is 0 Å². The highest BCUT2D eigenvalue weighted by molar-refractivity contribution is 5.77. The Morgan fingerprint density at radius 3 is 2.33 bits per heavy atom. The van der Waals surface area contributed by atoms with Crippen molar-refractivity contribution >= 4 is 5.91 Å². The fourth-order valence-electron chi connectivity index (χ4n) is 2.46. The molecule has 1 aliphatic carbocycles. The van der Waals surface area contributed by atoms with E-state index in [9.17, 15) is 18.0 Å². The van der Waals surface area contributed by atoms with E-state index in [1.165, 1.54) is 6.42 Å². The van der Waals surface area contributed by atoms with Crippen LogP contribution in [0.1, 0.15) is 44.9 Å². The monoisotopic (exact) mass is 266 g/mol. The summed E-state index contributed by atoms with van der Waals surface area (Å²) in [6.45, 7) is -0.331. The summed E-state index contributed by atoms with van der Waals surface area (Å²) in [5, 5.41) is 5.52. The van der Waals surface area contributed by atoms with Crippen molar-refractivity contribution in [1.29, 1.82) is 0 Å². The van der Waals surface area contributed by atoms with E-state index in [4.69, 9.17) is 0 Å². The SMILES string of the molecule is CNC1(CC(=O)NCCC(F)(F)F)CCCCC1. The Morgan fingerprint density at radius 2 is 1.83 bits per heavy atom. The van der Waals surface area contributed by atoms with E-state index in [1.54, 1.807) is 0 Å². The Balaban J connectivity index is 2.33. The van der Waals surface area contributed by atoms with Gasteiger partial charge in [0.25, 0.3) is 0 Å². The maximum Gasteiger partial charge on any atom is 0.390 e. The number of rotatable bonds is 5. The average Bonchev–Trinajstić information content (AvgIpc) is 2.28. The first-order valence-corrected chi connectivity index (χ1v) is 6.39. The molecule has 0 unspecified atom stereocenters. The van der Waals surface area contributed by atoms with E-state index < -0.39 is 12.6 Å². The first kappa shape index (κ1) is 15.3. The quantitative estimate of drug-likeness (QED) is 0.802. The predicted octanol–water partition coefficient (Wildman–Crippen LogP) is 2.37. The molecule has 0 aromatic carbocycles. The lowest BCUT2D eigenvalue weighted by atomic mass is 9.79. The molecular weight excluding hydrogens is 245 g/mol. The minimum atomic E-state index is -4.21. The van der Waals surface area contributed by atoms with Crippen molar-refractivity contribution in [3.05, 3.63) is 0 Å². The maximum atomic E-state index is 11.9. The van der Waals surface area contributed by atoms with Gasteiger partial charge in [0.05, 0.1) is 6.42 Å². The smallest absolute Gasteiger partial charge is 0.356 e. The Labute approximate surface area is 106 Å². The highest BCUT2D eigenvalue weighted by Crippen LogP contribution is 2.30. The molecule has 6 heteroatoms. The van der Waals surface area contributed by atoms with Crippen molar-refractivity contribution in [3.63, 3.8) is 0 Å². The van der Waals surface area contributed by atoms with Crippen molar-refractivity contribution in [1.82, 2.24) is 10.6 Å². The second-order valence-electron chi connectivity index (χ2n) is 4.98. The molecule has 0 aromatic rings. The van der Waals surface area contributed by atoms with Crippen molar-refractivity contribution in [2.75, 3.05) is 13.6 Å². The number of hydrogen-bond acceptors (Lipinski definition) is 2. The standard InChI is InChI=1S/C12H21F3N2O/c1-16-11(5-3-2-4-6-11)9-10(18)17-8-7-12(13,14)15/h16H,2-9H2,1H3,(H,17,18). The number of hydrogen-bond donors (Lipinski definition) is 2. The summed E-state index contributed by atoms with van der Waals surface area (Å²) in [4.78, 5) is 11.6.